The lowest BCUT2D eigenvalue weighted by Crippen LogP contribution is -2.00. The predicted molar refractivity (Wildman–Crippen MR) is 64.0 cm³/mol. The van der Waals surface area contributed by atoms with Gasteiger partial charge in [0.05, 0.1) is 0 Å². The second-order valence-electron chi connectivity index (χ2n) is 3.19. The lowest BCUT2D eigenvalue weighted by atomic mass is 10.1. The van der Waals surface area contributed by atoms with E-state index in [2.05, 4.69) is 20.9 Å². The van der Waals surface area contributed by atoms with E-state index in [-0.39, 0.29) is 0 Å². The van der Waals surface area contributed by atoms with Crippen molar-refractivity contribution in [3.63, 3.8) is 0 Å². The molecule has 0 amide bonds. The van der Waals surface area contributed by atoms with Crippen molar-refractivity contribution in [2.24, 2.45) is 0 Å². The molecule has 0 aliphatic rings. The Morgan fingerprint density at radius 1 is 1.33 bits per heavy atom. The van der Waals surface area contributed by atoms with Crippen molar-refractivity contribution in [2.75, 3.05) is 0 Å². The Balaban J connectivity index is 2.38. The third kappa shape index (κ3) is 2.25. The highest BCUT2D eigenvalue weighted by Gasteiger charge is 2.14. The largest absolute Gasteiger partial charge is 0.382 e. The second-order valence-corrected chi connectivity index (χ2v) is 4.48. The molecule has 4 heteroatoms. The Bertz CT molecular complexity index is 456. The second kappa shape index (κ2) is 4.39. The molecule has 2 nitrogen and oxygen atoms in total. The summed E-state index contributed by atoms with van der Waals surface area (Å²) in [6.45, 7) is 0. The van der Waals surface area contributed by atoms with E-state index >= 15 is 0 Å². The molecule has 0 radical (unpaired) electrons. The summed E-state index contributed by atoms with van der Waals surface area (Å²) >= 11 is 9.20. The van der Waals surface area contributed by atoms with Crippen molar-refractivity contribution in [1.29, 1.82) is 0 Å². The lowest BCUT2D eigenvalue weighted by molar-refractivity contribution is 0.215. The maximum Gasteiger partial charge on any atom is 0.120 e. The van der Waals surface area contributed by atoms with E-state index in [0.29, 0.717) is 5.02 Å². The van der Waals surface area contributed by atoms with Crippen LogP contribution in [0, 0.1) is 0 Å². The van der Waals surface area contributed by atoms with Crippen LogP contribution in [0.2, 0.25) is 5.02 Å². The molecule has 1 heterocycles. The molecule has 2 N–H and O–H groups in total. The molecule has 1 aromatic heterocycles. The minimum Gasteiger partial charge on any atom is -0.382 e. The van der Waals surface area contributed by atoms with Crippen molar-refractivity contribution in [3.8, 4) is 0 Å². The molecule has 2 aromatic rings. The van der Waals surface area contributed by atoms with Gasteiger partial charge in [0.2, 0.25) is 0 Å². The van der Waals surface area contributed by atoms with E-state index in [1.807, 2.05) is 12.1 Å². The van der Waals surface area contributed by atoms with E-state index < -0.39 is 6.10 Å². The summed E-state index contributed by atoms with van der Waals surface area (Å²) in [5.74, 6) is 0. The van der Waals surface area contributed by atoms with Gasteiger partial charge in [0.25, 0.3) is 0 Å². The summed E-state index contributed by atoms with van der Waals surface area (Å²) in [4.78, 5) is 2.97. The molecule has 0 spiro atoms. The summed E-state index contributed by atoms with van der Waals surface area (Å²) in [5, 5.41) is 10.7. The quantitative estimate of drug-likeness (QED) is 0.871. The first-order chi connectivity index (χ1) is 7.18. The maximum atomic E-state index is 10.0. The van der Waals surface area contributed by atoms with Gasteiger partial charge in [-0.2, -0.15) is 0 Å². The first kappa shape index (κ1) is 10.7. The topological polar surface area (TPSA) is 36.0 Å². The zero-order valence-electron chi connectivity index (χ0n) is 7.74. The zero-order valence-corrected chi connectivity index (χ0v) is 10.1. The van der Waals surface area contributed by atoms with Crippen LogP contribution < -0.4 is 0 Å². The zero-order chi connectivity index (χ0) is 10.8. The fourth-order valence-corrected chi connectivity index (χ4v) is 2.30. The van der Waals surface area contributed by atoms with Crippen molar-refractivity contribution in [2.45, 2.75) is 6.10 Å². The number of H-pyrrole nitrogens is 1. The van der Waals surface area contributed by atoms with Crippen LogP contribution in [0.5, 0.6) is 0 Å². The van der Waals surface area contributed by atoms with E-state index in [1.54, 1.807) is 24.4 Å². The molecule has 15 heavy (non-hydrogen) atoms. The Morgan fingerprint density at radius 2 is 2.13 bits per heavy atom. The van der Waals surface area contributed by atoms with E-state index in [0.717, 1.165) is 15.7 Å². The van der Waals surface area contributed by atoms with Gasteiger partial charge in [0, 0.05) is 26.9 Å². The number of aromatic amines is 1. The fraction of sp³-hybridized carbons (Fsp3) is 0.0909. The number of hydrogen-bond acceptors (Lipinski definition) is 1. The molecule has 78 valence electrons. The average molecular weight is 287 g/mol. The highest BCUT2D eigenvalue weighted by Crippen LogP contribution is 2.29. The Labute approximate surface area is 101 Å². The minimum absolute atomic E-state index is 0.643. The van der Waals surface area contributed by atoms with Gasteiger partial charge >= 0.3 is 0 Å². The first-order valence-electron chi connectivity index (χ1n) is 4.45. The van der Waals surface area contributed by atoms with Gasteiger partial charge in [-0.1, -0.05) is 33.6 Å². The van der Waals surface area contributed by atoms with Crippen molar-refractivity contribution >= 4 is 27.5 Å². The molecule has 2 rings (SSSR count). The van der Waals surface area contributed by atoms with Crippen molar-refractivity contribution in [3.05, 3.63) is 57.3 Å². The highest BCUT2D eigenvalue weighted by atomic mass is 79.9. The summed E-state index contributed by atoms with van der Waals surface area (Å²) in [5.41, 5.74) is 1.56. The van der Waals surface area contributed by atoms with Gasteiger partial charge in [-0.25, -0.2) is 0 Å². The number of halogens is 2. The minimum atomic E-state index is -0.661. The van der Waals surface area contributed by atoms with Crippen molar-refractivity contribution in [1.82, 2.24) is 4.98 Å². The SMILES string of the molecule is OC(c1ccc[nH]1)c1ccc(Cl)cc1Br. The molecule has 0 saturated carbocycles. The third-order valence-corrected chi connectivity index (χ3v) is 3.10. The normalized spacial score (nSPS) is 12.7. The number of aliphatic hydroxyl groups is 1. The van der Waals surface area contributed by atoms with Gasteiger partial charge in [-0.3, -0.25) is 0 Å². The third-order valence-electron chi connectivity index (χ3n) is 2.17. The van der Waals surface area contributed by atoms with Crippen LogP contribution in [0.1, 0.15) is 17.4 Å². The number of aromatic nitrogens is 1. The van der Waals surface area contributed by atoms with Gasteiger partial charge in [-0.15, -0.1) is 0 Å². The summed E-state index contributed by atoms with van der Waals surface area (Å²) < 4.78 is 0.803. The maximum absolute atomic E-state index is 10.0. The van der Waals surface area contributed by atoms with Crippen LogP contribution in [0.3, 0.4) is 0 Å². The number of benzene rings is 1. The molecular formula is C11H9BrClNO. The van der Waals surface area contributed by atoms with Crippen molar-refractivity contribution < 1.29 is 5.11 Å². The molecule has 0 bridgehead atoms. The standard InChI is InChI=1S/C11H9BrClNO/c12-9-6-7(13)3-4-8(9)11(15)10-2-1-5-14-10/h1-6,11,14-15H. The number of nitrogens with one attached hydrogen (secondary N) is 1. The van der Waals surface area contributed by atoms with Gasteiger partial charge in [0.15, 0.2) is 0 Å². The Morgan fingerprint density at radius 3 is 2.73 bits per heavy atom. The van der Waals surface area contributed by atoms with Gasteiger partial charge < -0.3 is 10.1 Å². The molecule has 0 aliphatic carbocycles. The predicted octanol–water partition coefficient (Wildman–Crippen LogP) is 3.51. The Kier molecular flexibility index (Phi) is 3.14. The van der Waals surface area contributed by atoms with Crippen LogP contribution >= 0.6 is 27.5 Å². The molecule has 0 aliphatic heterocycles. The number of aliphatic hydroxyl groups excluding tert-OH is 1. The van der Waals surface area contributed by atoms with Gasteiger partial charge in [0.1, 0.15) is 6.10 Å². The fourth-order valence-electron chi connectivity index (χ4n) is 1.41. The van der Waals surface area contributed by atoms with Crippen LogP contribution in [-0.4, -0.2) is 10.1 Å². The molecule has 1 aromatic carbocycles. The van der Waals surface area contributed by atoms with E-state index in [1.165, 1.54) is 0 Å². The Hall–Kier alpha value is -0.770. The summed E-state index contributed by atoms with van der Waals surface area (Å²) in [6, 6.07) is 9.02. The monoisotopic (exact) mass is 285 g/mol. The molecular weight excluding hydrogens is 277 g/mol. The van der Waals surface area contributed by atoms with Crippen LogP contribution in [0.25, 0.3) is 0 Å². The smallest absolute Gasteiger partial charge is 0.120 e. The van der Waals surface area contributed by atoms with Gasteiger partial charge in [-0.05, 0) is 24.3 Å². The van der Waals surface area contributed by atoms with E-state index in [9.17, 15) is 5.11 Å². The molecule has 0 fully saturated rings. The van der Waals surface area contributed by atoms with Crippen LogP contribution in [0.15, 0.2) is 41.0 Å². The number of rotatable bonds is 2. The summed E-state index contributed by atoms with van der Waals surface area (Å²) in [6.07, 6.45) is 1.12. The average Bonchev–Trinajstić information content (AvgIpc) is 2.69. The number of hydrogen-bond donors (Lipinski definition) is 2. The highest BCUT2D eigenvalue weighted by molar-refractivity contribution is 9.10. The van der Waals surface area contributed by atoms with E-state index in [4.69, 9.17) is 11.6 Å². The molecule has 1 atom stereocenters. The first-order valence-corrected chi connectivity index (χ1v) is 5.62. The lowest BCUT2D eigenvalue weighted by Gasteiger charge is -2.11. The van der Waals surface area contributed by atoms with Crippen LogP contribution in [0.4, 0.5) is 0 Å². The summed E-state index contributed by atoms with van der Waals surface area (Å²) in [7, 11) is 0. The van der Waals surface area contributed by atoms with Crippen LogP contribution in [-0.2, 0) is 0 Å². The molecule has 1 unspecified atom stereocenters. The molecule has 0 saturated heterocycles.